The van der Waals surface area contributed by atoms with Crippen molar-refractivity contribution in [2.24, 2.45) is 0 Å². The third kappa shape index (κ3) is 5.70. The third-order valence-electron chi connectivity index (χ3n) is 4.68. The predicted molar refractivity (Wildman–Crippen MR) is 109 cm³/mol. The Balaban J connectivity index is 1.49. The highest BCUT2D eigenvalue weighted by molar-refractivity contribution is 7.99. The molecule has 1 aliphatic rings. The molecular formula is C19H26ClN5OS. The number of nitrogens with zero attached hydrogens (tertiary/aromatic N) is 5. The SMILES string of the molecule is CC(C)n1cnnc1SCC(=O)N1CCCN(Cc2ccc(Cl)cc2)CC1. The monoisotopic (exact) mass is 407 g/mol. The molecule has 2 heterocycles. The van der Waals surface area contributed by atoms with Gasteiger partial charge in [-0.3, -0.25) is 9.69 Å². The Labute approximate surface area is 169 Å². The topological polar surface area (TPSA) is 54.3 Å². The molecule has 1 amide bonds. The van der Waals surface area contributed by atoms with E-state index in [2.05, 4.69) is 41.1 Å². The second-order valence-electron chi connectivity index (χ2n) is 7.04. The van der Waals surface area contributed by atoms with Gasteiger partial charge in [0.05, 0.1) is 5.75 Å². The molecule has 6 nitrogen and oxygen atoms in total. The number of thioether (sulfide) groups is 1. The minimum atomic E-state index is 0.173. The van der Waals surface area contributed by atoms with Gasteiger partial charge in [-0.1, -0.05) is 35.5 Å². The second-order valence-corrected chi connectivity index (χ2v) is 8.42. The van der Waals surface area contributed by atoms with Crippen LogP contribution >= 0.6 is 23.4 Å². The summed E-state index contributed by atoms with van der Waals surface area (Å²) in [6, 6.07) is 8.28. The van der Waals surface area contributed by atoms with E-state index in [1.54, 1.807) is 6.33 Å². The van der Waals surface area contributed by atoms with Gasteiger partial charge in [0, 0.05) is 43.8 Å². The average molecular weight is 408 g/mol. The largest absolute Gasteiger partial charge is 0.341 e. The molecule has 1 aromatic heterocycles. The smallest absolute Gasteiger partial charge is 0.233 e. The molecule has 8 heteroatoms. The molecule has 3 rings (SSSR count). The predicted octanol–water partition coefficient (Wildman–Crippen LogP) is 3.34. The van der Waals surface area contributed by atoms with Crippen LogP contribution in [0.2, 0.25) is 5.02 Å². The molecule has 1 fully saturated rings. The average Bonchev–Trinajstić information content (AvgIpc) is 3.01. The lowest BCUT2D eigenvalue weighted by Crippen LogP contribution is -2.36. The summed E-state index contributed by atoms with van der Waals surface area (Å²) in [6.45, 7) is 8.53. The molecule has 0 radical (unpaired) electrons. The van der Waals surface area contributed by atoms with Gasteiger partial charge in [-0.25, -0.2) is 0 Å². The molecule has 146 valence electrons. The molecule has 1 aromatic carbocycles. The standard InChI is InChI=1S/C19H26ClN5OS/c1-15(2)25-14-21-22-19(25)27-13-18(26)24-9-3-8-23(10-11-24)12-16-4-6-17(20)7-5-16/h4-7,14-15H,3,8-13H2,1-2H3. The van der Waals surface area contributed by atoms with Crippen LogP contribution in [-0.4, -0.2) is 62.4 Å². The molecule has 0 N–H and O–H groups in total. The number of carbonyl (C=O) groups is 1. The van der Waals surface area contributed by atoms with Crippen molar-refractivity contribution in [2.45, 2.75) is 38.0 Å². The first-order chi connectivity index (χ1) is 13.0. The van der Waals surface area contributed by atoms with Crippen molar-refractivity contribution in [3.05, 3.63) is 41.2 Å². The van der Waals surface area contributed by atoms with Gasteiger partial charge in [-0.2, -0.15) is 0 Å². The van der Waals surface area contributed by atoms with Gasteiger partial charge in [-0.15, -0.1) is 10.2 Å². The molecule has 1 saturated heterocycles. The summed E-state index contributed by atoms with van der Waals surface area (Å²) in [6.07, 6.45) is 2.71. The fourth-order valence-corrected chi connectivity index (χ4v) is 4.21. The van der Waals surface area contributed by atoms with Gasteiger partial charge < -0.3 is 9.47 Å². The summed E-state index contributed by atoms with van der Waals surface area (Å²) in [5.74, 6) is 0.578. The second kappa shape index (κ2) is 9.57. The van der Waals surface area contributed by atoms with E-state index in [4.69, 9.17) is 11.6 Å². The van der Waals surface area contributed by atoms with Gasteiger partial charge in [0.1, 0.15) is 6.33 Å². The summed E-state index contributed by atoms with van der Waals surface area (Å²) >= 11 is 7.43. The molecular weight excluding hydrogens is 382 g/mol. The number of benzene rings is 1. The first kappa shape index (κ1) is 20.2. The number of hydrogen-bond donors (Lipinski definition) is 0. The maximum atomic E-state index is 12.6. The Hall–Kier alpha value is -1.57. The summed E-state index contributed by atoms with van der Waals surface area (Å²) in [5.41, 5.74) is 1.25. The Kier molecular flexibility index (Phi) is 7.15. The number of aromatic nitrogens is 3. The van der Waals surface area contributed by atoms with Crippen molar-refractivity contribution in [1.29, 1.82) is 0 Å². The zero-order valence-corrected chi connectivity index (χ0v) is 17.4. The van der Waals surface area contributed by atoms with Crippen LogP contribution in [0.5, 0.6) is 0 Å². The van der Waals surface area contributed by atoms with Crippen molar-refractivity contribution >= 4 is 29.3 Å². The fourth-order valence-electron chi connectivity index (χ4n) is 3.13. The highest BCUT2D eigenvalue weighted by atomic mass is 35.5. The van der Waals surface area contributed by atoms with Gasteiger partial charge in [-0.05, 0) is 38.0 Å². The van der Waals surface area contributed by atoms with Crippen molar-refractivity contribution in [3.8, 4) is 0 Å². The molecule has 27 heavy (non-hydrogen) atoms. The van der Waals surface area contributed by atoms with Crippen molar-refractivity contribution in [3.63, 3.8) is 0 Å². The maximum Gasteiger partial charge on any atom is 0.233 e. The fraction of sp³-hybridized carbons (Fsp3) is 0.526. The molecule has 0 aliphatic carbocycles. The highest BCUT2D eigenvalue weighted by Crippen LogP contribution is 2.20. The molecule has 2 aromatic rings. The van der Waals surface area contributed by atoms with E-state index >= 15 is 0 Å². The molecule has 0 atom stereocenters. The zero-order valence-electron chi connectivity index (χ0n) is 15.8. The van der Waals surface area contributed by atoms with E-state index in [-0.39, 0.29) is 11.9 Å². The molecule has 0 saturated carbocycles. The van der Waals surface area contributed by atoms with Crippen LogP contribution in [0.25, 0.3) is 0 Å². The van der Waals surface area contributed by atoms with Crippen LogP contribution < -0.4 is 0 Å². The Morgan fingerprint density at radius 1 is 1.19 bits per heavy atom. The van der Waals surface area contributed by atoms with Crippen LogP contribution in [0.3, 0.4) is 0 Å². The van der Waals surface area contributed by atoms with Crippen LogP contribution in [0.15, 0.2) is 35.7 Å². The number of halogens is 1. The van der Waals surface area contributed by atoms with E-state index in [1.165, 1.54) is 17.3 Å². The van der Waals surface area contributed by atoms with Crippen LogP contribution in [0.4, 0.5) is 0 Å². The molecule has 0 unspecified atom stereocenters. The van der Waals surface area contributed by atoms with Crippen LogP contribution in [0.1, 0.15) is 31.9 Å². The minimum absolute atomic E-state index is 0.173. The first-order valence-electron chi connectivity index (χ1n) is 9.30. The van der Waals surface area contributed by atoms with Gasteiger partial charge in [0.2, 0.25) is 5.91 Å². The third-order valence-corrected chi connectivity index (χ3v) is 5.88. The van der Waals surface area contributed by atoms with Gasteiger partial charge in [0.15, 0.2) is 5.16 Å². The van der Waals surface area contributed by atoms with Gasteiger partial charge >= 0.3 is 0 Å². The zero-order chi connectivity index (χ0) is 19.2. The Morgan fingerprint density at radius 3 is 2.70 bits per heavy atom. The maximum absolute atomic E-state index is 12.6. The van der Waals surface area contributed by atoms with Gasteiger partial charge in [0.25, 0.3) is 0 Å². The van der Waals surface area contributed by atoms with E-state index in [0.717, 1.165) is 49.3 Å². The lowest BCUT2D eigenvalue weighted by molar-refractivity contribution is -0.128. The van der Waals surface area contributed by atoms with Crippen LogP contribution in [0, 0.1) is 0 Å². The van der Waals surface area contributed by atoms with Crippen molar-refractivity contribution in [1.82, 2.24) is 24.6 Å². The summed E-state index contributed by atoms with van der Waals surface area (Å²) in [7, 11) is 0. The Morgan fingerprint density at radius 2 is 1.96 bits per heavy atom. The Bertz CT molecular complexity index is 749. The first-order valence-corrected chi connectivity index (χ1v) is 10.7. The number of carbonyl (C=O) groups excluding carboxylic acids is 1. The summed E-state index contributed by atoms with van der Waals surface area (Å²) < 4.78 is 1.99. The van der Waals surface area contributed by atoms with Crippen molar-refractivity contribution < 1.29 is 4.79 Å². The number of amides is 1. The van der Waals surface area contributed by atoms with Crippen molar-refractivity contribution in [2.75, 3.05) is 31.9 Å². The van der Waals surface area contributed by atoms with E-state index in [1.807, 2.05) is 21.6 Å². The summed E-state index contributed by atoms with van der Waals surface area (Å²) in [5, 5.41) is 9.65. The molecule has 1 aliphatic heterocycles. The lowest BCUT2D eigenvalue weighted by Gasteiger charge is -2.22. The quantitative estimate of drug-likeness (QED) is 0.687. The summed E-state index contributed by atoms with van der Waals surface area (Å²) in [4.78, 5) is 17.0. The molecule has 0 spiro atoms. The lowest BCUT2D eigenvalue weighted by atomic mass is 10.2. The van der Waals surface area contributed by atoms with E-state index < -0.39 is 0 Å². The van der Waals surface area contributed by atoms with E-state index in [0.29, 0.717) is 5.75 Å². The highest BCUT2D eigenvalue weighted by Gasteiger charge is 2.20. The minimum Gasteiger partial charge on any atom is -0.341 e. The molecule has 0 bridgehead atoms. The number of hydrogen-bond acceptors (Lipinski definition) is 5. The van der Waals surface area contributed by atoms with Crippen LogP contribution in [-0.2, 0) is 11.3 Å². The number of rotatable bonds is 6. The van der Waals surface area contributed by atoms with E-state index in [9.17, 15) is 4.79 Å². The normalized spacial score (nSPS) is 15.9.